The Morgan fingerprint density at radius 2 is 1.33 bits per heavy atom. The minimum Gasteiger partial charge on any atom is -0.460 e. The number of terminal acetylenes is 1. The third kappa shape index (κ3) is 10.5. The molecule has 2 saturated heterocycles. The van der Waals surface area contributed by atoms with E-state index in [2.05, 4.69) is 11.2 Å². The van der Waals surface area contributed by atoms with Gasteiger partial charge in [0.1, 0.15) is 30.3 Å². The quantitative estimate of drug-likeness (QED) is 0.202. The molecule has 0 saturated carbocycles. The molecule has 2 rings (SSSR count). The van der Waals surface area contributed by atoms with Crippen LogP contribution in [0, 0.1) is 41.9 Å². The number of carbonyl (C=O) groups excluding carboxylic acids is 6. The molecule has 0 aromatic rings. The van der Waals surface area contributed by atoms with Crippen LogP contribution in [0.2, 0.25) is 0 Å². The lowest BCUT2D eigenvalue weighted by atomic mass is 9.93. The molecule has 0 radical (unpaired) electrons. The van der Waals surface area contributed by atoms with Gasteiger partial charge in [-0.1, -0.05) is 75.2 Å². The lowest BCUT2D eigenvalue weighted by Crippen LogP contribution is -2.58. The maximum atomic E-state index is 14.3. The van der Waals surface area contributed by atoms with Crippen LogP contribution in [-0.4, -0.2) is 107 Å². The van der Waals surface area contributed by atoms with Gasteiger partial charge in [-0.05, 0) is 49.9 Å². The molecule has 0 aromatic carbocycles. The molecule has 2 aliphatic rings. The van der Waals surface area contributed by atoms with Crippen LogP contribution in [0.25, 0.3) is 0 Å². The standard InChI is InChI=1S/C39H64N4O8/c1-13-17-18-21-29-27(10)34(44)40-30(23(5)6)36(46)42(12)32(25(8)15-3)39(49)51-33(26(9)16-4)37(47)43-22-19-20-28(43)35(45)41(11)31(24(7)14-2)38(48)50-29/h1,23-33H,14-22H2,2-12H3,(H,40,44)/t24-,25-,26-,27-,28-,29+,30-,31-,32-,33-/m0/s1. The van der Waals surface area contributed by atoms with Gasteiger partial charge in [0.2, 0.25) is 17.7 Å². The average molecular weight is 717 g/mol. The van der Waals surface area contributed by atoms with E-state index in [0.717, 1.165) is 0 Å². The van der Waals surface area contributed by atoms with Crippen molar-refractivity contribution in [3.63, 3.8) is 0 Å². The number of esters is 2. The maximum absolute atomic E-state index is 14.3. The van der Waals surface area contributed by atoms with Crippen molar-refractivity contribution in [2.24, 2.45) is 29.6 Å². The molecule has 0 aliphatic carbocycles. The molecule has 1 N–H and O–H groups in total. The highest BCUT2D eigenvalue weighted by atomic mass is 16.6. The van der Waals surface area contributed by atoms with Gasteiger partial charge in [-0.25, -0.2) is 9.59 Å². The summed E-state index contributed by atoms with van der Waals surface area (Å²) >= 11 is 0. The molecule has 4 amide bonds. The number of hydrogen-bond acceptors (Lipinski definition) is 8. The summed E-state index contributed by atoms with van der Waals surface area (Å²) in [7, 11) is 3.06. The number of hydrogen-bond donors (Lipinski definition) is 1. The first-order valence-electron chi connectivity index (χ1n) is 19.0. The van der Waals surface area contributed by atoms with Crippen molar-refractivity contribution in [3.05, 3.63) is 0 Å². The first kappa shape index (κ1) is 43.5. The number of ether oxygens (including phenoxy) is 2. The Morgan fingerprint density at radius 1 is 0.804 bits per heavy atom. The third-order valence-electron chi connectivity index (χ3n) is 11.1. The minimum atomic E-state index is -1.20. The number of rotatable bonds is 10. The van der Waals surface area contributed by atoms with Gasteiger partial charge >= 0.3 is 11.9 Å². The second kappa shape index (κ2) is 19.8. The molecular formula is C39H64N4O8. The highest BCUT2D eigenvalue weighted by molar-refractivity contribution is 5.95. The molecule has 12 heteroatoms. The van der Waals surface area contributed by atoms with Gasteiger partial charge in [0.05, 0.1) is 5.92 Å². The summed E-state index contributed by atoms with van der Waals surface area (Å²) in [5.41, 5.74) is 0. The zero-order valence-corrected chi connectivity index (χ0v) is 32.9. The monoisotopic (exact) mass is 716 g/mol. The van der Waals surface area contributed by atoms with Crippen molar-refractivity contribution >= 4 is 35.6 Å². The lowest BCUT2D eigenvalue weighted by Gasteiger charge is -2.37. The molecule has 0 unspecified atom stereocenters. The van der Waals surface area contributed by atoms with E-state index < -0.39 is 77.9 Å². The maximum Gasteiger partial charge on any atom is 0.329 e. The fourth-order valence-electron chi connectivity index (χ4n) is 6.99. The summed E-state index contributed by atoms with van der Waals surface area (Å²) in [6.45, 7) is 16.7. The van der Waals surface area contributed by atoms with Crippen LogP contribution in [0.15, 0.2) is 0 Å². The van der Waals surface area contributed by atoms with E-state index in [1.165, 1.54) is 21.7 Å². The molecule has 0 bridgehead atoms. The van der Waals surface area contributed by atoms with Gasteiger partial charge in [-0.3, -0.25) is 19.2 Å². The average Bonchev–Trinajstić information content (AvgIpc) is 3.60. The van der Waals surface area contributed by atoms with Crippen LogP contribution in [0.5, 0.6) is 0 Å². The molecule has 2 fully saturated rings. The van der Waals surface area contributed by atoms with Crippen LogP contribution >= 0.6 is 0 Å². The van der Waals surface area contributed by atoms with Gasteiger partial charge in [-0.2, -0.15) is 0 Å². The fraction of sp³-hybridized carbons (Fsp3) is 0.795. The SMILES string of the molecule is C#CCCC[C@H]1OC(=O)[C@H]([C@@H](C)CC)N(C)C(=O)[C@@H]2CCCN2C(=O)[C@H]([C@@H](C)CC)OC(=O)[C@H]([C@@H](C)CC)N(C)C(=O)[C@H](C(C)C)NC(=O)[C@H]1C. The number of cyclic esters (lactones) is 2. The molecule has 10 atom stereocenters. The summed E-state index contributed by atoms with van der Waals surface area (Å²) in [5.74, 6) is -2.94. The smallest absolute Gasteiger partial charge is 0.329 e. The minimum absolute atomic E-state index is 0.289. The number of likely N-dealkylation sites (N-methyl/N-ethyl adjacent to an activating group) is 2. The Kier molecular flexibility index (Phi) is 16.9. The Bertz CT molecular complexity index is 1280. The Morgan fingerprint density at radius 3 is 1.84 bits per heavy atom. The van der Waals surface area contributed by atoms with Gasteiger partial charge in [0.25, 0.3) is 5.91 Å². The molecule has 2 aliphatic heterocycles. The number of fused-ring (bicyclic) bond motifs is 1. The molecule has 2 heterocycles. The van der Waals surface area contributed by atoms with E-state index >= 15 is 0 Å². The van der Waals surface area contributed by atoms with Gasteiger partial charge in [-0.15, -0.1) is 12.3 Å². The summed E-state index contributed by atoms with van der Waals surface area (Å²) in [4.78, 5) is 89.0. The highest BCUT2D eigenvalue weighted by Gasteiger charge is 2.46. The summed E-state index contributed by atoms with van der Waals surface area (Å²) in [5, 5.41) is 2.88. The van der Waals surface area contributed by atoms with Crippen molar-refractivity contribution < 1.29 is 38.2 Å². The normalized spacial score (nSPS) is 29.6. The van der Waals surface area contributed by atoms with E-state index in [0.29, 0.717) is 51.4 Å². The van der Waals surface area contributed by atoms with Crippen molar-refractivity contribution in [3.8, 4) is 12.3 Å². The zero-order chi connectivity index (χ0) is 38.7. The third-order valence-corrected chi connectivity index (χ3v) is 11.1. The van der Waals surface area contributed by atoms with Crippen LogP contribution < -0.4 is 5.32 Å². The van der Waals surface area contributed by atoms with Gasteiger partial charge in [0, 0.05) is 33.0 Å². The van der Waals surface area contributed by atoms with E-state index in [1.54, 1.807) is 27.8 Å². The summed E-state index contributed by atoms with van der Waals surface area (Å²) in [6.07, 6.45) is 7.15. The van der Waals surface area contributed by atoms with E-state index in [1.807, 2.05) is 41.5 Å². The van der Waals surface area contributed by atoms with Crippen LogP contribution in [0.3, 0.4) is 0 Å². The first-order chi connectivity index (χ1) is 24.0. The number of amides is 4. The lowest BCUT2D eigenvalue weighted by molar-refractivity contribution is -0.172. The number of nitrogens with one attached hydrogen (secondary N) is 1. The Labute approximate surface area is 306 Å². The summed E-state index contributed by atoms with van der Waals surface area (Å²) in [6, 6.07) is -3.92. The zero-order valence-electron chi connectivity index (χ0n) is 32.9. The molecule has 0 aromatic heterocycles. The Balaban J connectivity index is 2.79. The second-order valence-electron chi connectivity index (χ2n) is 15.1. The van der Waals surface area contributed by atoms with Crippen molar-refractivity contribution in [1.82, 2.24) is 20.0 Å². The highest BCUT2D eigenvalue weighted by Crippen LogP contribution is 2.29. The van der Waals surface area contributed by atoms with Gasteiger partial charge < -0.3 is 29.5 Å². The molecule has 288 valence electrons. The first-order valence-corrected chi connectivity index (χ1v) is 19.0. The van der Waals surface area contributed by atoms with Crippen molar-refractivity contribution in [2.75, 3.05) is 20.6 Å². The van der Waals surface area contributed by atoms with Crippen LogP contribution in [0.4, 0.5) is 0 Å². The molecule has 12 nitrogen and oxygen atoms in total. The van der Waals surface area contributed by atoms with E-state index in [9.17, 15) is 28.8 Å². The van der Waals surface area contributed by atoms with Crippen LogP contribution in [0.1, 0.15) is 114 Å². The predicted molar refractivity (Wildman–Crippen MR) is 195 cm³/mol. The molecule has 51 heavy (non-hydrogen) atoms. The van der Waals surface area contributed by atoms with Gasteiger partial charge in [0.15, 0.2) is 6.10 Å². The molecule has 0 spiro atoms. The number of unbranched alkanes of at least 4 members (excludes halogenated alkanes) is 1. The predicted octanol–water partition coefficient (Wildman–Crippen LogP) is 4.19. The topological polar surface area (TPSA) is 143 Å². The Hall–Kier alpha value is -3.62. The van der Waals surface area contributed by atoms with Crippen molar-refractivity contribution in [1.29, 1.82) is 0 Å². The molecular weight excluding hydrogens is 652 g/mol. The van der Waals surface area contributed by atoms with Crippen molar-refractivity contribution in [2.45, 2.75) is 150 Å². The summed E-state index contributed by atoms with van der Waals surface area (Å²) < 4.78 is 12.2. The second-order valence-corrected chi connectivity index (χ2v) is 15.1. The van der Waals surface area contributed by atoms with Crippen LogP contribution in [-0.2, 0) is 38.2 Å². The number of nitrogens with zero attached hydrogens (tertiary/aromatic N) is 3. The van der Waals surface area contributed by atoms with E-state index in [4.69, 9.17) is 15.9 Å². The largest absolute Gasteiger partial charge is 0.460 e. The fourth-order valence-corrected chi connectivity index (χ4v) is 6.99. The number of carbonyl (C=O) groups is 6. The van der Waals surface area contributed by atoms with E-state index in [-0.39, 0.29) is 30.2 Å².